The second kappa shape index (κ2) is 6.11. The van der Waals surface area contributed by atoms with E-state index in [0.717, 1.165) is 0 Å². The second-order valence-electron chi connectivity index (χ2n) is 5.41. The Morgan fingerprint density at radius 2 is 1.96 bits per heavy atom. The van der Waals surface area contributed by atoms with Crippen molar-refractivity contribution in [1.29, 1.82) is 0 Å². The highest BCUT2D eigenvalue weighted by Gasteiger charge is 2.62. The highest BCUT2D eigenvalue weighted by molar-refractivity contribution is 14.1. The molecule has 0 spiro atoms. The van der Waals surface area contributed by atoms with E-state index in [9.17, 15) is 13.2 Å². The minimum atomic E-state index is -4.66. The molecule has 24 heavy (non-hydrogen) atoms. The SMILES string of the molecule is Nc1cccc(C2=NOC(c3cc(Cl)cc(I)c3)(C(F)(F)F)C2)c1. The van der Waals surface area contributed by atoms with E-state index < -0.39 is 18.2 Å². The number of hydrogen-bond acceptors (Lipinski definition) is 3. The summed E-state index contributed by atoms with van der Waals surface area (Å²) in [6.07, 6.45) is -5.11. The molecule has 0 saturated carbocycles. The van der Waals surface area contributed by atoms with Crippen LogP contribution in [0.5, 0.6) is 0 Å². The minimum absolute atomic E-state index is 0.0745. The number of benzene rings is 2. The quantitative estimate of drug-likeness (QED) is 0.494. The molecule has 0 amide bonds. The molecule has 2 N–H and O–H groups in total. The Kier molecular flexibility index (Phi) is 4.41. The van der Waals surface area contributed by atoms with Crippen molar-refractivity contribution < 1.29 is 18.0 Å². The molecule has 126 valence electrons. The number of hydrogen-bond donors (Lipinski definition) is 1. The maximum atomic E-state index is 13.9. The third-order valence-corrected chi connectivity index (χ3v) is 4.58. The lowest BCUT2D eigenvalue weighted by molar-refractivity contribution is -0.275. The number of rotatable bonds is 2. The smallest absolute Gasteiger partial charge is 0.399 e. The maximum Gasteiger partial charge on any atom is 0.435 e. The first-order valence-corrected chi connectivity index (χ1v) is 8.31. The third kappa shape index (κ3) is 3.06. The van der Waals surface area contributed by atoms with Crippen LogP contribution in [0.4, 0.5) is 18.9 Å². The molecule has 2 aromatic carbocycles. The van der Waals surface area contributed by atoms with Crippen molar-refractivity contribution in [2.75, 3.05) is 5.73 Å². The van der Waals surface area contributed by atoms with Crippen LogP contribution in [-0.4, -0.2) is 11.9 Å². The Balaban J connectivity index is 2.05. The highest BCUT2D eigenvalue weighted by atomic mass is 127. The Morgan fingerprint density at radius 1 is 1.21 bits per heavy atom. The van der Waals surface area contributed by atoms with Gasteiger partial charge in [-0.3, -0.25) is 0 Å². The number of nitrogens with two attached hydrogens (primary N) is 1. The van der Waals surface area contributed by atoms with E-state index in [1.54, 1.807) is 30.3 Å². The van der Waals surface area contributed by atoms with Gasteiger partial charge in [-0.05, 0) is 52.9 Å². The van der Waals surface area contributed by atoms with E-state index in [2.05, 4.69) is 5.16 Å². The Hall–Kier alpha value is -1.48. The lowest BCUT2D eigenvalue weighted by Crippen LogP contribution is -2.42. The Labute approximate surface area is 154 Å². The predicted octanol–water partition coefficient (Wildman–Crippen LogP) is 5.11. The van der Waals surface area contributed by atoms with Crippen LogP contribution in [0, 0.1) is 3.57 Å². The predicted molar refractivity (Wildman–Crippen MR) is 95.0 cm³/mol. The molecule has 1 aliphatic heterocycles. The second-order valence-corrected chi connectivity index (χ2v) is 7.10. The lowest BCUT2D eigenvalue weighted by atomic mass is 9.86. The summed E-state index contributed by atoms with van der Waals surface area (Å²) in [5.41, 5.74) is 4.19. The van der Waals surface area contributed by atoms with Gasteiger partial charge < -0.3 is 10.6 Å². The van der Waals surface area contributed by atoms with Crippen molar-refractivity contribution >= 4 is 45.6 Å². The maximum absolute atomic E-state index is 13.9. The molecule has 0 bridgehead atoms. The Bertz CT molecular complexity index is 805. The van der Waals surface area contributed by atoms with Gasteiger partial charge in [0.2, 0.25) is 0 Å². The fourth-order valence-corrected chi connectivity index (χ4v) is 3.65. The number of halogens is 5. The van der Waals surface area contributed by atoms with Gasteiger partial charge in [0.1, 0.15) is 0 Å². The largest absolute Gasteiger partial charge is 0.435 e. The molecule has 1 atom stereocenters. The van der Waals surface area contributed by atoms with Gasteiger partial charge in [0.05, 0.1) is 5.71 Å². The van der Waals surface area contributed by atoms with Crippen LogP contribution in [0.1, 0.15) is 17.5 Å². The molecule has 0 radical (unpaired) electrons. The summed E-state index contributed by atoms with van der Waals surface area (Å²) in [5.74, 6) is 0. The van der Waals surface area contributed by atoms with Gasteiger partial charge in [0.25, 0.3) is 5.60 Å². The van der Waals surface area contributed by atoms with Gasteiger partial charge in [-0.15, -0.1) is 0 Å². The summed E-state index contributed by atoms with van der Waals surface area (Å²) in [6, 6.07) is 10.7. The van der Waals surface area contributed by atoms with Crippen LogP contribution in [0.2, 0.25) is 5.02 Å². The average molecular weight is 467 g/mol. The van der Waals surface area contributed by atoms with Crippen molar-refractivity contribution in [2.24, 2.45) is 5.16 Å². The van der Waals surface area contributed by atoms with Crippen molar-refractivity contribution in [2.45, 2.75) is 18.2 Å². The van der Waals surface area contributed by atoms with Gasteiger partial charge in [-0.1, -0.05) is 28.9 Å². The van der Waals surface area contributed by atoms with E-state index in [4.69, 9.17) is 22.2 Å². The van der Waals surface area contributed by atoms with E-state index in [1.807, 2.05) is 22.6 Å². The molecule has 1 heterocycles. The van der Waals surface area contributed by atoms with Crippen LogP contribution >= 0.6 is 34.2 Å². The van der Waals surface area contributed by atoms with Crippen LogP contribution in [0.25, 0.3) is 0 Å². The van der Waals surface area contributed by atoms with Crippen molar-refractivity contribution in [3.63, 3.8) is 0 Å². The topological polar surface area (TPSA) is 47.6 Å². The van der Waals surface area contributed by atoms with Crippen molar-refractivity contribution in [1.82, 2.24) is 0 Å². The summed E-state index contributed by atoms with van der Waals surface area (Å²) >= 11 is 7.85. The molecule has 0 fully saturated rings. The molecule has 3 nitrogen and oxygen atoms in total. The van der Waals surface area contributed by atoms with Crippen LogP contribution in [0.3, 0.4) is 0 Å². The number of alkyl halides is 3. The van der Waals surface area contributed by atoms with E-state index in [0.29, 0.717) is 14.8 Å². The monoisotopic (exact) mass is 466 g/mol. The zero-order valence-corrected chi connectivity index (χ0v) is 15.0. The van der Waals surface area contributed by atoms with Crippen LogP contribution in [-0.2, 0) is 10.4 Å². The standard InChI is InChI=1S/C16H11ClF3IN2O/c17-11-5-10(6-12(21)7-11)15(16(18,19)20)8-14(23-24-15)9-2-1-3-13(22)4-9/h1-7H,8,22H2. The number of nitrogen functional groups attached to an aromatic ring is 1. The summed E-state index contributed by atoms with van der Waals surface area (Å²) in [5, 5.41) is 3.91. The summed E-state index contributed by atoms with van der Waals surface area (Å²) < 4.78 is 42.2. The molecule has 1 unspecified atom stereocenters. The third-order valence-electron chi connectivity index (χ3n) is 3.73. The molecule has 1 aliphatic rings. The first kappa shape index (κ1) is 17.3. The van der Waals surface area contributed by atoms with Crippen LogP contribution in [0.15, 0.2) is 47.6 Å². The molecule has 8 heteroatoms. The number of anilines is 1. The van der Waals surface area contributed by atoms with Crippen molar-refractivity contribution in [3.05, 3.63) is 62.2 Å². The fraction of sp³-hybridized carbons (Fsp3) is 0.188. The molecular weight excluding hydrogens is 456 g/mol. The van der Waals surface area contributed by atoms with Gasteiger partial charge >= 0.3 is 6.18 Å². The molecule has 0 saturated heterocycles. The molecular formula is C16H11ClF3IN2O. The van der Waals surface area contributed by atoms with E-state index in [-0.39, 0.29) is 16.3 Å². The Morgan fingerprint density at radius 3 is 2.58 bits per heavy atom. The molecule has 0 aliphatic carbocycles. The summed E-state index contributed by atoms with van der Waals surface area (Å²) in [6.45, 7) is 0. The zero-order valence-electron chi connectivity index (χ0n) is 12.1. The van der Waals surface area contributed by atoms with Crippen LogP contribution < -0.4 is 5.73 Å². The zero-order chi connectivity index (χ0) is 17.5. The number of nitrogens with zero attached hydrogens (tertiary/aromatic N) is 1. The molecule has 0 aromatic heterocycles. The fourth-order valence-electron chi connectivity index (χ4n) is 2.56. The van der Waals surface area contributed by atoms with E-state index in [1.165, 1.54) is 12.1 Å². The normalized spacial score (nSPS) is 20.6. The van der Waals surface area contributed by atoms with E-state index >= 15 is 0 Å². The lowest BCUT2D eigenvalue weighted by Gasteiger charge is -2.29. The summed E-state index contributed by atoms with van der Waals surface area (Å²) in [4.78, 5) is 4.97. The highest BCUT2D eigenvalue weighted by Crippen LogP contribution is 2.49. The van der Waals surface area contributed by atoms with Gasteiger partial charge in [0, 0.05) is 31.8 Å². The summed E-state index contributed by atoms with van der Waals surface area (Å²) in [7, 11) is 0. The molecule has 3 rings (SSSR count). The van der Waals surface area contributed by atoms with Crippen molar-refractivity contribution in [3.8, 4) is 0 Å². The first-order chi connectivity index (χ1) is 11.2. The van der Waals surface area contributed by atoms with Gasteiger partial charge in [-0.25, -0.2) is 0 Å². The number of oxime groups is 1. The first-order valence-electron chi connectivity index (χ1n) is 6.85. The average Bonchev–Trinajstić information content (AvgIpc) is 2.92. The van der Waals surface area contributed by atoms with Gasteiger partial charge in [0.15, 0.2) is 0 Å². The minimum Gasteiger partial charge on any atom is -0.399 e. The van der Waals surface area contributed by atoms with Gasteiger partial charge in [-0.2, -0.15) is 13.2 Å². The molecule has 2 aromatic rings.